The lowest BCUT2D eigenvalue weighted by Gasteiger charge is -2.30. The average molecular weight is 442 g/mol. The first-order valence-corrected chi connectivity index (χ1v) is 11.3. The first kappa shape index (κ1) is 21.1. The summed E-state index contributed by atoms with van der Waals surface area (Å²) in [6.45, 7) is 1.00. The molecule has 1 fully saturated rings. The number of hydrogen-bond acceptors (Lipinski definition) is 3. The van der Waals surface area contributed by atoms with E-state index in [1.807, 2.05) is 24.3 Å². The zero-order chi connectivity index (χ0) is 20.4. The molecule has 1 aliphatic rings. The topological polar surface area (TPSA) is 74.7 Å². The van der Waals surface area contributed by atoms with Gasteiger partial charge in [0.1, 0.15) is 0 Å². The average Bonchev–Trinajstić information content (AvgIpc) is 3.08. The van der Waals surface area contributed by atoms with Crippen molar-refractivity contribution in [3.05, 3.63) is 69.7 Å². The third-order valence-corrected chi connectivity index (χ3v) is 6.79. The summed E-state index contributed by atoms with van der Waals surface area (Å²) in [5.74, 6) is -0.375. The van der Waals surface area contributed by atoms with Gasteiger partial charge < -0.3 is 4.90 Å². The Morgan fingerprint density at radius 2 is 1.82 bits per heavy atom. The van der Waals surface area contributed by atoms with Crippen LogP contribution >= 0.6 is 23.2 Å². The van der Waals surface area contributed by atoms with Crippen LogP contribution in [0.5, 0.6) is 0 Å². The number of benzene rings is 2. The Balaban J connectivity index is 1.87. The van der Waals surface area contributed by atoms with E-state index in [4.69, 9.17) is 27.8 Å². The van der Waals surface area contributed by atoms with Crippen LogP contribution < -0.4 is 0 Å². The molecule has 1 atom stereocenters. The van der Waals surface area contributed by atoms with E-state index >= 15 is 0 Å². The van der Waals surface area contributed by atoms with E-state index in [9.17, 15) is 13.2 Å². The number of carbonyl (C=O) groups is 1. The first-order chi connectivity index (χ1) is 13.2. The fourth-order valence-electron chi connectivity index (χ4n) is 3.81. The molecule has 0 radical (unpaired) electrons. The zero-order valence-corrected chi connectivity index (χ0v) is 17.5. The Morgan fingerprint density at radius 3 is 2.46 bits per heavy atom. The normalized spacial score (nSPS) is 19.8. The number of amides is 1. The molecule has 8 heteroatoms. The van der Waals surface area contributed by atoms with E-state index in [1.54, 1.807) is 29.2 Å². The van der Waals surface area contributed by atoms with E-state index in [0.717, 1.165) is 5.56 Å². The van der Waals surface area contributed by atoms with Gasteiger partial charge in [0.2, 0.25) is 0 Å². The van der Waals surface area contributed by atoms with Crippen LogP contribution in [0.25, 0.3) is 0 Å². The van der Waals surface area contributed by atoms with Gasteiger partial charge in [-0.15, -0.1) is 0 Å². The van der Waals surface area contributed by atoms with Gasteiger partial charge in [0.25, 0.3) is 16.0 Å². The second-order valence-electron chi connectivity index (χ2n) is 7.14. The fraction of sp³-hybridized carbons (Fsp3) is 0.350. The largest absolute Gasteiger partial charge is 0.338 e. The van der Waals surface area contributed by atoms with Crippen molar-refractivity contribution in [3.63, 3.8) is 0 Å². The van der Waals surface area contributed by atoms with Crippen LogP contribution in [0.3, 0.4) is 0 Å². The maximum Gasteiger partial charge on any atom is 0.264 e. The van der Waals surface area contributed by atoms with Gasteiger partial charge >= 0.3 is 0 Å². The molecule has 5 nitrogen and oxygen atoms in total. The van der Waals surface area contributed by atoms with Crippen molar-refractivity contribution in [1.29, 1.82) is 0 Å². The molecule has 1 amide bonds. The smallest absolute Gasteiger partial charge is 0.264 e. The van der Waals surface area contributed by atoms with Gasteiger partial charge in [-0.25, -0.2) is 0 Å². The minimum atomic E-state index is -4.04. The highest BCUT2D eigenvalue weighted by atomic mass is 35.5. The Hall–Kier alpha value is -1.60. The number of nitrogens with zero attached hydrogens (tertiary/aromatic N) is 1. The maximum atomic E-state index is 12.9. The zero-order valence-electron chi connectivity index (χ0n) is 15.1. The molecule has 1 heterocycles. The predicted octanol–water partition coefficient (Wildman–Crippen LogP) is 4.45. The van der Waals surface area contributed by atoms with E-state index in [-0.39, 0.29) is 18.1 Å². The molecular weight excluding hydrogens is 421 g/mol. The van der Waals surface area contributed by atoms with Crippen molar-refractivity contribution in [2.75, 3.05) is 18.8 Å². The van der Waals surface area contributed by atoms with Crippen molar-refractivity contribution in [2.24, 2.45) is 0 Å². The van der Waals surface area contributed by atoms with Crippen LogP contribution in [0.4, 0.5) is 0 Å². The Bertz CT molecular complexity index is 965. The van der Waals surface area contributed by atoms with E-state index in [2.05, 4.69) is 0 Å². The molecule has 1 N–H and O–H groups in total. The molecule has 1 saturated heterocycles. The summed E-state index contributed by atoms with van der Waals surface area (Å²) in [4.78, 5) is 14.6. The lowest BCUT2D eigenvalue weighted by molar-refractivity contribution is 0.0782. The Kier molecular flexibility index (Phi) is 6.34. The van der Waals surface area contributed by atoms with E-state index < -0.39 is 15.5 Å². The summed E-state index contributed by atoms with van der Waals surface area (Å²) >= 11 is 12.3. The fourth-order valence-corrected chi connectivity index (χ4v) is 4.62. The number of rotatable bonds is 6. The van der Waals surface area contributed by atoms with Gasteiger partial charge in [-0.3, -0.25) is 9.35 Å². The molecule has 0 spiro atoms. The monoisotopic (exact) mass is 441 g/mol. The van der Waals surface area contributed by atoms with Gasteiger partial charge in [0.15, 0.2) is 0 Å². The SMILES string of the molecule is O=C(c1ccccc1)N1CC[C@@](CCCS(=O)(=O)O)(c2ccc(Cl)c(Cl)c2)C1. The molecule has 0 aromatic heterocycles. The second kappa shape index (κ2) is 8.41. The summed E-state index contributed by atoms with van der Waals surface area (Å²) in [7, 11) is -4.04. The van der Waals surface area contributed by atoms with Crippen molar-refractivity contribution in [3.8, 4) is 0 Å². The number of halogens is 2. The van der Waals surface area contributed by atoms with Crippen LogP contribution in [0, 0.1) is 0 Å². The Morgan fingerprint density at radius 1 is 1.11 bits per heavy atom. The van der Waals surface area contributed by atoms with Crippen LogP contribution in [0.2, 0.25) is 10.0 Å². The lowest BCUT2D eigenvalue weighted by Crippen LogP contribution is -2.35. The number of hydrogen-bond donors (Lipinski definition) is 1. The molecule has 150 valence electrons. The molecule has 0 unspecified atom stereocenters. The van der Waals surface area contributed by atoms with Gasteiger partial charge in [-0.05, 0) is 49.1 Å². The third kappa shape index (κ3) is 4.87. The molecule has 28 heavy (non-hydrogen) atoms. The lowest BCUT2D eigenvalue weighted by atomic mass is 9.76. The van der Waals surface area contributed by atoms with Crippen LogP contribution in [-0.4, -0.2) is 42.6 Å². The van der Waals surface area contributed by atoms with Gasteiger partial charge in [0.05, 0.1) is 15.8 Å². The molecule has 3 rings (SSSR count). The first-order valence-electron chi connectivity index (χ1n) is 8.95. The number of carbonyl (C=O) groups excluding carboxylic acids is 1. The third-order valence-electron chi connectivity index (χ3n) is 5.25. The quantitative estimate of drug-likeness (QED) is 0.671. The predicted molar refractivity (Wildman–Crippen MR) is 111 cm³/mol. The number of likely N-dealkylation sites (tertiary alicyclic amines) is 1. The summed E-state index contributed by atoms with van der Waals surface area (Å²) in [5, 5.41) is 0.856. The summed E-state index contributed by atoms with van der Waals surface area (Å²) in [6, 6.07) is 14.4. The minimum Gasteiger partial charge on any atom is -0.338 e. The highest BCUT2D eigenvalue weighted by Crippen LogP contribution is 2.41. The standard InChI is InChI=1S/C20H21Cl2NO4S/c21-17-8-7-16(13-18(17)22)20(9-4-12-28(25,26)27)10-11-23(14-20)19(24)15-5-2-1-3-6-15/h1-3,5-8,13H,4,9-12,14H2,(H,25,26,27)/t20-/m1/s1. The minimum absolute atomic E-state index is 0.0580. The second-order valence-corrected chi connectivity index (χ2v) is 9.53. The van der Waals surface area contributed by atoms with Crippen molar-refractivity contribution < 1.29 is 17.8 Å². The maximum absolute atomic E-state index is 12.9. The molecule has 1 aliphatic heterocycles. The molecule has 2 aromatic carbocycles. The van der Waals surface area contributed by atoms with Crippen LogP contribution in [0.1, 0.15) is 35.2 Å². The van der Waals surface area contributed by atoms with Crippen molar-refractivity contribution in [2.45, 2.75) is 24.7 Å². The van der Waals surface area contributed by atoms with Gasteiger partial charge in [-0.1, -0.05) is 47.5 Å². The summed E-state index contributed by atoms with van der Waals surface area (Å²) < 4.78 is 31.4. The summed E-state index contributed by atoms with van der Waals surface area (Å²) in [6.07, 6.45) is 1.46. The highest BCUT2D eigenvalue weighted by molar-refractivity contribution is 7.85. The summed E-state index contributed by atoms with van der Waals surface area (Å²) in [5.41, 5.74) is 1.09. The van der Waals surface area contributed by atoms with Crippen molar-refractivity contribution in [1.82, 2.24) is 4.90 Å². The molecule has 2 aromatic rings. The highest BCUT2D eigenvalue weighted by Gasteiger charge is 2.41. The molecule has 0 saturated carbocycles. The Labute approximate surface area is 175 Å². The van der Waals surface area contributed by atoms with E-state index in [0.29, 0.717) is 41.5 Å². The van der Waals surface area contributed by atoms with E-state index in [1.165, 1.54) is 0 Å². The van der Waals surface area contributed by atoms with Gasteiger partial charge in [0, 0.05) is 24.1 Å². The molecule has 0 bridgehead atoms. The molecular formula is C20H21Cl2NO4S. The van der Waals surface area contributed by atoms with Crippen LogP contribution in [0.15, 0.2) is 48.5 Å². The van der Waals surface area contributed by atoms with Crippen molar-refractivity contribution >= 4 is 39.2 Å². The van der Waals surface area contributed by atoms with Gasteiger partial charge in [-0.2, -0.15) is 8.42 Å². The molecule has 0 aliphatic carbocycles. The van der Waals surface area contributed by atoms with Crippen LogP contribution in [-0.2, 0) is 15.5 Å².